The number of carboxylic acids is 1. The molecule has 0 aliphatic rings. The molecule has 4 aromatic rings. The number of carboxylic acid groups (broad SMARTS) is 1. The van der Waals surface area contributed by atoms with Crippen molar-refractivity contribution in [2.45, 2.75) is 6.42 Å². The van der Waals surface area contributed by atoms with E-state index in [9.17, 15) is 18.8 Å². The van der Waals surface area contributed by atoms with Gasteiger partial charge < -0.3 is 9.84 Å². The number of carbonyl (C=O) groups is 2. The quantitative estimate of drug-likeness (QED) is 0.484. The molecule has 0 saturated carbocycles. The van der Waals surface area contributed by atoms with E-state index in [0.29, 0.717) is 5.69 Å². The third kappa shape index (κ3) is 3.62. The highest BCUT2D eigenvalue weighted by molar-refractivity contribution is 5.94. The van der Waals surface area contributed by atoms with E-state index in [4.69, 9.17) is 9.84 Å². The molecule has 1 N–H and O–H groups in total. The van der Waals surface area contributed by atoms with Crippen molar-refractivity contribution in [2.24, 2.45) is 0 Å². The molecule has 2 aromatic heterocycles. The Bertz CT molecular complexity index is 1410. The number of carbonyl (C=O) groups excluding carboxylic acids is 1. The maximum absolute atomic E-state index is 14.7. The number of methoxy groups -OCH3 is 1. The second kappa shape index (κ2) is 8.43. The predicted molar refractivity (Wildman–Crippen MR) is 115 cm³/mol. The lowest BCUT2D eigenvalue weighted by Crippen LogP contribution is -2.25. The molecule has 0 aliphatic heterocycles. The molecular formula is C24H17FN2O5. The van der Waals surface area contributed by atoms with E-state index in [1.54, 1.807) is 42.5 Å². The van der Waals surface area contributed by atoms with Gasteiger partial charge in [-0.05, 0) is 42.0 Å². The fraction of sp³-hybridized carbons (Fsp3) is 0.0833. The van der Waals surface area contributed by atoms with Crippen LogP contribution in [0.25, 0.3) is 16.7 Å². The van der Waals surface area contributed by atoms with Gasteiger partial charge >= 0.3 is 11.9 Å². The number of rotatable bonds is 5. The number of aromatic carboxylic acids is 1. The number of halogens is 1. The van der Waals surface area contributed by atoms with Crippen LogP contribution in [0.1, 0.15) is 32.0 Å². The fourth-order valence-corrected chi connectivity index (χ4v) is 3.58. The van der Waals surface area contributed by atoms with Gasteiger partial charge in [-0.1, -0.05) is 24.3 Å². The molecule has 0 bridgehead atoms. The number of para-hydroxylation sites is 1. The first-order valence-electron chi connectivity index (χ1n) is 9.60. The molecule has 7 nitrogen and oxygen atoms in total. The summed E-state index contributed by atoms with van der Waals surface area (Å²) in [5, 5.41) is 9.33. The lowest BCUT2D eigenvalue weighted by molar-refractivity contribution is 0.0589. The molecule has 4 rings (SSSR count). The average Bonchev–Trinajstić information content (AvgIpc) is 2.81. The zero-order chi connectivity index (χ0) is 22.8. The van der Waals surface area contributed by atoms with Crippen LogP contribution < -0.4 is 5.43 Å². The summed E-state index contributed by atoms with van der Waals surface area (Å²) in [6.45, 7) is 0. The number of aromatic nitrogens is 2. The SMILES string of the molecule is COC(=O)c1c(Cc2ccc(C(=O)O)cc2F)c(=O)c2cccnc2n1-c1ccccc1. The van der Waals surface area contributed by atoms with Gasteiger partial charge in [0.25, 0.3) is 0 Å². The Labute approximate surface area is 181 Å². The van der Waals surface area contributed by atoms with E-state index in [1.165, 1.54) is 30.0 Å². The number of ether oxygens (including phenoxy) is 1. The molecule has 8 heteroatoms. The summed E-state index contributed by atoms with van der Waals surface area (Å²) in [4.78, 5) is 41.7. The van der Waals surface area contributed by atoms with Gasteiger partial charge in [-0.2, -0.15) is 0 Å². The van der Waals surface area contributed by atoms with E-state index < -0.39 is 23.2 Å². The molecule has 0 radical (unpaired) electrons. The molecular weight excluding hydrogens is 415 g/mol. The second-order valence-corrected chi connectivity index (χ2v) is 6.98. The average molecular weight is 432 g/mol. The Morgan fingerprint density at radius 3 is 2.50 bits per heavy atom. The first-order valence-corrected chi connectivity index (χ1v) is 9.60. The van der Waals surface area contributed by atoms with E-state index in [1.807, 2.05) is 0 Å². The number of hydrogen-bond donors (Lipinski definition) is 1. The molecule has 0 spiro atoms. The molecule has 0 saturated heterocycles. The Balaban J connectivity index is 2.05. The van der Waals surface area contributed by atoms with Crippen LogP contribution in [0, 0.1) is 5.82 Å². The summed E-state index contributed by atoms with van der Waals surface area (Å²) in [7, 11) is 1.19. The molecule has 2 heterocycles. The molecule has 160 valence electrons. The van der Waals surface area contributed by atoms with Crippen LogP contribution >= 0.6 is 0 Å². The van der Waals surface area contributed by atoms with Gasteiger partial charge in [0.05, 0.1) is 18.1 Å². The predicted octanol–water partition coefficient (Wildman–Crippen LogP) is 3.60. The molecule has 0 fully saturated rings. The van der Waals surface area contributed by atoms with Crippen LogP contribution in [0.4, 0.5) is 4.39 Å². The Morgan fingerprint density at radius 1 is 1.09 bits per heavy atom. The van der Waals surface area contributed by atoms with Gasteiger partial charge in [-0.3, -0.25) is 9.36 Å². The normalized spacial score (nSPS) is 10.8. The minimum Gasteiger partial charge on any atom is -0.478 e. The zero-order valence-electron chi connectivity index (χ0n) is 16.9. The highest BCUT2D eigenvalue weighted by Gasteiger charge is 2.25. The lowest BCUT2D eigenvalue weighted by atomic mass is 9.99. The second-order valence-electron chi connectivity index (χ2n) is 6.98. The highest BCUT2D eigenvalue weighted by Crippen LogP contribution is 2.24. The molecule has 0 atom stereocenters. The van der Waals surface area contributed by atoms with E-state index in [0.717, 1.165) is 6.07 Å². The largest absolute Gasteiger partial charge is 0.478 e. The van der Waals surface area contributed by atoms with Crippen molar-refractivity contribution in [3.05, 3.63) is 105 Å². The van der Waals surface area contributed by atoms with Crippen molar-refractivity contribution in [2.75, 3.05) is 7.11 Å². The van der Waals surface area contributed by atoms with E-state index >= 15 is 0 Å². The van der Waals surface area contributed by atoms with Gasteiger partial charge in [0, 0.05) is 23.9 Å². The van der Waals surface area contributed by atoms with Gasteiger partial charge in [-0.15, -0.1) is 0 Å². The van der Waals surface area contributed by atoms with Crippen molar-refractivity contribution in [3.63, 3.8) is 0 Å². The minimum absolute atomic E-state index is 0.0168. The van der Waals surface area contributed by atoms with Gasteiger partial charge in [-0.25, -0.2) is 19.0 Å². The molecule has 0 unspecified atom stereocenters. The fourth-order valence-electron chi connectivity index (χ4n) is 3.58. The molecule has 32 heavy (non-hydrogen) atoms. The first-order chi connectivity index (χ1) is 15.4. The maximum atomic E-state index is 14.7. The van der Waals surface area contributed by atoms with Crippen LogP contribution in [-0.2, 0) is 11.2 Å². The summed E-state index contributed by atoms with van der Waals surface area (Å²) in [6.07, 6.45) is 1.26. The zero-order valence-corrected chi connectivity index (χ0v) is 16.9. The van der Waals surface area contributed by atoms with Gasteiger partial charge in [0.15, 0.2) is 5.43 Å². The Morgan fingerprint density at radius 2 is 1.84 bits per heavy atom. The minimum atomic E-state index is -1.27. The first kappa shape index (κ1) is 20.9. The number of fused-ring (bicyclic) bond motifs is 1. The summed E-state index contributed by atoms with van der Waals surface area (Å²) < 4.78 is 21.2. The van der Waals surface area contributed by atoms with E-state index in [2.05, 4.69) is 4.98 Å². The van der Waals surface area contributed by atoms with Gasteiger partial charge in [0.1, 0.15) is 17.2 Å². The Kier molecular flexibility index (Phi) is 5.51. The highest BCUT2D eigenvalue weighted by atomic mass is 19.1. The molecule has 0 amide bonds. The topological polar surface area (TPSA) is 98.5 Å². The monoisotopic (exact) mass is 432 g/mol. The van der Waals surface area contributed by atoms with Crippen molar-refractivity contribution in [1.29, 1.82) is 0 Å². The van der Waals surface area contributed by atoms with Crippen molar-refractivity contribution in [1.82, 2.24) is 9.55 Å². The summed E-state index contributed by atoms with van der Waals surface area (Å²) in [5.74, 6) is -2.84. The van der Waals surface area contributed by atoms with Crippen LogP contribution in [0.2, 0.25) is 0 Å². The van der Waals surface area contributed by atoms with Crippen LogP contribution in [-0.4, -0.2) is 33.7 Å². The number of hydrogen-bond acceptors (Lipinski definition) is 5. The molecule has 0 aliphatic carbocycles. The number of esters is 1. The van der Waals surface area contributed by atoms with Gasteiger partial charge in [0.2, 0.25) is 0 Å². The van der Waals surface area contributed by atoms with Crippen LogP contribution in [0.3, 0.4) is 0 Å². The summed E-state index contributed by atoms with van der Waals surface area (Å²) in [6, 6.07) is 15.4. The third-order valence-electron chi connectivity index (χ3n) is 5.09. The number of pyridine rings is 2. The van der Waals surface area contributed by atoms with Crippen molar-refractivity contribution < 1.29 is 23.8 Å². The summed E-state index contributed by atoms with van der Waals surface area (Å²) in [5.41, 5.74) is 0.139. The van der Waals surface area contributed by atoms with E-state index in [-0.39, 0.29) is 39.8 Å². The molecule has 2 aromatic carbocycles. The number of benzene rings is 2. The summed E-state index contributed by atoms with van der Waals surface area (Å²) >= 11 is 0. The maximum Gasteiger partial charge on any atom is 0.355 e. The third-order valence-corrected chi connectivity index (χ3v) is 5.09. The lowest BCUT2D eigenvalue weighted by Gasteiger charge is -2.18. The number of nitrogens with zero attached hydrogens (tertiary/aromatic N) is 2. The standard InChI is InChI=1S/C24H17FN2O5/c1-32-24(31)20-18(12-14-9-10-15(23(29)30)13-19(14)25)21(28)17-8-5-11-26-22(17)27(20)16-6-3-2-4-7-16/h2-11,13H,12H2,1H3,(H,29,30). The smallest absolute Gasteiger partial charge is 0.355 e. The van der Waals surface area contributed by atoms with Crippen LogP contribution in [0.5, 0.6) is 0 Å². The van der Waals surface area contributed by atoms with Crippen molar-refractivity contribution >= 4 is 23.0 Å². The van der Waals surface area contributed by atoms with Crippen LogP contribution in [0.15, 0.2) is 71.7 Å². The van der Waals surface area contributed by atoms with Crippen molar-refractivity contribution in [3.8, 4) is 5.69 Å². The Hall–Kier alpha value is -4.33.